The SMILES string of the molecule is C#CCOc1cccc(/C=C(\C#N)C(=O)Nn2c(C)ccc2C)c1. The molecule has 1 amide bonds. The highest BCUT2D eigenvalue weighted by atomic mass is 16.5. The van der Waals surface area contributed by atoms with Crippen LogP contribution in [0.25, 0.3) is 6.08 Å². The second-order valence-corrected chi connectivity index (χ2v) is 5.13. The molecule has 2 rings (SSSR count). The van der Waals surface area contributed by atoms with Gasteiger partial charge in [0.25, 0.3) is 5.91 Å². The molecule has 0 aliphatic carbocycles. The summed E-state index contributed by atoms with van der Waals surface area (Å²) in [6.07, 6.45) is 6.67. The molecule has 1 N–H and O–H groups in total. The van der Waals surface area contributed by atoms with E-state index in [9.17, 15) is 10.1 Å². The zero-order valence-corrected chi connectivity index (χ0v) is 13.5. The first kappa shape index (κ1) is 16.9. The monoisotopic (exact) mass is 319 g/mol. The maximum Gasteiger partial charge on any atom is 0.280 e. The molecule has 1 aromatic heterocycles. The zero-order valence-electron chi connectivity index (χ0n) is 13.5. The van der Waals surface area contributed by atoms with Crippen LogP contribution in [0.5, 0.6) is 5.75 Å². The second kappa shape index (κ2) is 7.71. The van der Waals surface area contributed by atoms with Crippen LogP contribution in [-0.4, -0.2) is 17.2 Å². The van der Waals surface area contributed by atoms with Crippen molar-refractivity contribution in [1.29, 1.82) is 5.26 Å². The molecule has 5 heteroatoms. The van der Waals surface area contributed by atoms with Crippen LogP contribution in [0.2, 0.25) is 0 Å². The van der Waals surface area contributed by atoms with E-state index in [2.05, 4.69) is 11.3 Å². The molecular weight excluding hydrogens is 302 g/mol. The topological polar surface area (TPSA) is 67.0 Å². The third-order valence-corrected chi connectivity index (χ3v) is 3.34. The van der Waals surface area contributed by atoms with Crippen molar-refractivity contribution in [1.82, 2.24) is 4.68 Å². The van der Waals surface area contributed by atoms with Crippen molar-refractivity contribution in [3.05, 3.63) is 58.9 Å². The summed E-state index contributed by atoms with van der Waals surface area (Å²) >= 11 is 0. The molecule has 0 bridgehead atoms. The van der Waals surface area contributed by atoms with Gasteiger partial charge < -0.3 is 4.74 Å². The van der Waals surface area contributed by atoms with E-state index in [1.54, 1.807) is 28.9 Å². The Morgan fingerprint density at radius 2 is 2.04 bits per heavy atom. The molecule has 0 fully saturated rings. The van der Waals surface area contributed by atoms with E-state index in [4.69, 9.17) is 11.2 Å². The van der Waals surface area contributed by atoms with Gasteiger partial charge in [-0.2, -0.15) is 5.26 Å². The molecule has 0 atom stereocenters. The van der Waals surface area contributed by atoms with E-state index in [0.717, 1.165) is 11.4 Å². The maximum atomic E-state index is 12.3. The number of nitriles is 1. The number of aryl methyl sites for hydroxylation is 2. The van der Waals surface area contributed by atoms with Gasteiger partial charge in [0.1, 0.15) is 24.0 Å². The molecule has 0 spiro atoms. The lowest BCUT2D eigenvalue weighted by atomic mass is 10.1. The van der Waals surface area contributed by atoms with Gasteiger partial charge >= 0.3 is 0 Å². The van der Waals surface area contributed by atoms with Gasteiger partial charge in [-0.25, -0.2) is 0 Å². The van der Waals surface area contributed by atoms with Gasteiger partial charge in [0, 0.05) is 11.4 Å². The minimum atomic E-state index is -0.477. The molecule has 5 nitrogen and oxygen atoms in total. The van der Waals surface area contributed by atoms with Gasteiger partial charge in [0.05, 0.1) is 0 Å². The number of amides is 1. The van der Waals surface area contributed by atoms with E-state index in [1.807, 2.05) is 32.0 Å². The van der Waals surface area contributed by atoms with Crippen LogP contribution in [0.3, 0.4) is 0 Å². The Morgan fingerprint density at radius 3 is 2.67 bits per heavy atom. The highest BCUT2D eigenvalue weighted by molar-refractivity contribution is 6.06. The predicted molar refractivity (Wildman–Crippen MR) is 92.6 cm³/mol. The molecule has 120 valence electrons. The van der Waals surface area contributed by atoms with E-state index in [1.165, 1.54) is 6.08 Å². The lowest BCUT2D eigenvalue weighted by Gasteiger charge is -2.10. The highest BCUT2D eigenvalue weighted by Crippen LogP contribution is 2.16. The van der Waals surface area contributed by atoms with Crippen LogP contribution in [-0.2, 0) is 4.79 Å². The Labute approximate surface area is 141 Å². The summed E-state index contributed by atoms with van der Waals surface area (Å²) in [5.41, 5.74) is 5.14. The van der Waals surface area contributed by atoms with E-state index >= 15 is 0 Å². The molecule has 0 radical (unpaired) electrons. The lowest BCUT2D eigenvalue weighted by Crippen LogP contribution is -2.25. The summed E-state index contributed by atoms with van der Waals surface area (Å²) in [6, 6.07) is 12.7. The van der Waals surface area contributed by atoms with Crippen molar-refractivity contribution in [2.45, 2.75) is 13.8 Å². The summed E-state index contributed by atoms with van der Waals surface area (Å²) in [7, 11) is 0. The molecule has 0 saturated heterocycles. The molecule has 1 aromatic carbocycles. The minimum Gasteiger partial charge on any atom is -0.481 e. The van der Waals surface area contributed by atoms with E-state index < -0.39 is 5.91 Å². The van der Waals surface area contributed by atoms with Crippen LogP contribution < -0.4 is 10.2 Å². The third-order valence-electron chi connectivity index (χ3n) is 3.34. The van der Waals surface area contributed by atoms with Crippen molar-refractivity contribution in [3.8, 4) is 24.2 Å². The minimum absolute atomic E-state index is 0.00315. The lowest BCUT2D eigenvalue weighted by molar-refractivity contribution is -0.113. The van der Waals surface area contributed by atoms with Crippen molar-refractivity contribution in [2.75, 3.05) is 12.0 Å². The van der Waals surface area contributed by atoms with E-state index in [0.29, 0.717) is 11.3 Å². The number of rotatable bonds is 5. The van der Waals surface area contributed by atoms with Gasteiger partial charge in [0.2, 0.25) is 0 Å². The van der Waals surface area contributed by atoms with Gasteiger partial charge in [0.15, 0.2) is 0 Å². The molecule has 24 heavy (non-hydrogen) atoms. The smallest absolute Gasteiger partial charge is 0.280 e. The summed E-state index contributed by atoms with van der Waals surface area (Å²) in [4.78, 5) is 12.3. The maximum absolute atomic E-state index is 12.3. The Morgan fingerprint density at radius 1 is 1.33 bits per heavy atom. The summed E-state index contributed by atoms with van der Waals surface area (Å²) in [5, 5.41) is 9.29. The predicted octanol–water partition coefficient (Wildman–Crippen LogP) is 2.79. The number of nitrogens with one attached hydrogen (secondary N) is 1. The number of aromatic nitrogens is 1. The van der Waals surface area contributed by atoms with Gasteiger partial charge in [-0.3, -0.25) is 14.9 Å². The number of terminal acetylenes is 1. The number of hydrogen-bond acceptors (Lipinski definition) is 3. The summed E-state index contributed by atoms with van der Waals surface area (Å²) in [5.74, 6) is 2.49. The molecule has 1 heterocycles. The molecule has 2 aromatic rings. The van der Waals surface area contributed by atoms with Crippen LogP contribution >= 0.6 is 0 Å². The number of hydrogen-bond donors (Lipinski definition) is 1. The number of benzene rings is 1. The largest absolute Gasteiger partial charge is 0.481 e. The second-order valence-electron chi connectivity index (χ2n) is 5.13. The van der Waals surface area contributed by atoms with Crippen LogP contribution in [0.4, 0.5) is 0 Å². The average Bonchev–Trinajstić information content (AvgIpc) is 2.90. The molecule has 0 aliphatic heterocycles. The fourth-order valence-corrected chi connectivity index (χ4v) is 2.14. The van der Waals surface area contributed by atoms with Crippen molar-refractivity contribution < 1.29 is 9.53 Å². The van der Waals surface area contributed by atoms with Gasteiger partial charge in [-0.1, -0.05) is 18.1 Å². The van der Waals surface area contributed by atoms with Crippen molar-refractivity contribution >= 4 is 12.0 Å². The van der Waals surface area contributed by atoms with E-state index in [-0.39, 0.29) is 12.2 Å². The van der Waals surface area contributed by atoms with Crippen LogP contribution in [0.15, 0.2) is 42.0 Å². The quantitative estimate of drug-likeness (QED) is 0.523. The first-order valence-electron chi connectivity index (χ1n) is 7.29. The fourth-order valence-electron chi connectivity index (χ4n) is 2.14. The number of carbonyl (C=O) groups is 1. The Balaban J connectivity index is 2.21. The molecule has 0 saturated carbocycles. The van der Waals surface area contributed by atoms with Gasteiger partial charge in [-0.05, 0) is 49.8 Å². The summed E-state index contributed by atoms with van der Waals surface area (Å²) in [6.45, 7) is 3.90. The van der Waals surface area contributed by atoms with Gasteiger partial charge in [-0.15, -0.1) is 6.42 Å². The van der Waals surface area contributed by atoms with Crippen molar-refractivity contribution in [2.24, 2.45) is 0 Å². The molecule has 0 aliphatic rings. The summed E-state index contributed by atoms with van der Waals surface area (Å²) < 4.78 is 6.97. The normalized spacial score (nSPS) is 10.6. The average molecular weight is 319 g/mol. The Bertz CT molecular complexity index is 844. The third kappa shape index (κ3) is 4.06. The zero-order chi connectivity index (χ0) is 17.5. The molecule has 0 unspecified atom stereocenters. The standard InChI is InChI=1S/C19H17N3O2/c1-4-10-24-18-7-5-6-16(12-18)11-17(13-20)19(23)21-22-14(2)8-9-15(22)3/h1,5-9,11-12H,10H2,2-3H3,(H,21,23)/b17-11+. The molecular formula is C19H17N3O2. The first-order chi connectivity index (χ1) is 11.5. The highest BCUT2D eigenvalue weighted by Gasteiger charge is 2.11. The number of carbonyl (C=O) groups excluding carboxylic acids is 1. The van der Waals surface area contributed by atoms with Crippen LogP contribution in [0.1, 0.15) is 17.0 Å². The fraction of sp³-hybridized carbons (Fsp3) is 0.158. The first-order valence-corrected chi connectivity index (χ1v) is 7.29. The number of nitrogens with zero attached hydrogens (tertiary/aromatic N) is 2. The van der Waals surface area contributed by atoms with Crippen molar-refractivity contribution in [3.63, 3.8) is 0 Å². The Kier molecular flexibility index (Phi) is 5.44. The van der Waals surface area contributed by atoms with Crippen LogP contribution in [0, 0.1) is 37.5 Å². The number of ether oxygens (including phenoxy) is 1. The Hall–Kier alpha value is -3.44.